The molecule has 0 aromatic carbocycles. The highest BCUT2D eigenvalue weighted by molar-refractivity contribution is 9.10. The number of anilines is 1. The predicted octanol–water partition coefficient (Wildman–Crippen LogP) is 2.98. The van der Waals surface area contributed by atoms with Crippen molar-refractivity contribution in [1.29, 1.82) is 0 Å². The molecule has 1 aliphatic heterocycles. The lowest BCUT2D eigenvalue weighted by Gasteiger charge is -2.33. The summed E-state index contributed by atoms with van der Waals surface area (Å²) >= 11 is 3.47. The van der Waals surface area contributed by atoms with Gasteiger partial charge in [0.2, 0.25) is 0 Å². The van der Waals surface area contributed by atoms with Crippen LogP contribution < -0.4 is 4.90 Å². The molecule has 0 amide bonds. The third kappa shape index (κ3) is 3.20. The van der Waals surface area contributed by atoms with Gasteiger partial charge in [-0.2, -0.15) is 0 Å². The maximum absolute atomic E-state index is 5.45. The van der Waals surface area contributed by atoms with Crippen LogP contribution in [0.2, 0.25) is 0 Å². The molecule has 0 aliphatic carbocycles. The first-order valence-electron chi connectivity index (χ1n) is 6.42. The summed E-state index contributed by atoms with van der Waals surface area (Å²) in [5, 5.41) is 0. The zero-order chi connectivity index (χ0) is 13.1. The SMILES string of the molecule is COC1CCCN(c2cc(Br)nc(C(C)C)n2)C1. The lowest BCUT2D eigenvalue weighted by Crippen LogP contribution is -2.39. The summed E-state index contributed by atoms with van der Waals surface area (Å²) in [7, 11) is 1.78. The van der Waals surface area contributed by atoms with Gasteiger partial charge in [-0.1, -0.05) is 13.8 Å². The van der Waals surface area contributed by atoms with Crippen LogP contribution in [0.5, 0.6) is 0 Å². The number of halogens is 1. The van der Waals surface area contributed by atoms with E-state index >= 15 is 0 Å². The monoisotopic (exact) mass is 313 g/mol. The maximum Gasteiger partial charge on any atom is 0.134 e. The fourth-order valence-corrected chi connectivity index (χ4v) is 2.57. The number of hydrogen-bond acceptors (Lipinski definition) is 4. The average Bonchev–Trinajstić information content (AvgIpc) is 2.38. The van der Waals surface area contributed by atoms with E-state index < -0.39 is 0 Å². The molecule has 1 aromatic heterocycles. The second-order valence-electron chi connectivity index (χ2n) is 5.01. The summed E-state index contributed by atoms with van der Waals surface area (Å²) in [6, 6.07) is 1.99. The highest BCUT2D eigenvalue weighted by Gasteiger charge is 2.21. The Kier molecular flexibility index (Phi) is 4.56. The van der Waals surface area contributed by atoms with Crippen molar-refractivity contribution in [2.24, 2.45) is 0 Å². The molecule has 1 unspecified atom stereocenters. The lowest BCUT2D eigenvalue weighted by molar-refractivity contribution is 0.0891. The molecule has 1 aromatic rings. The Morgan fingerprint density at radius 3 is 2.89 bits per heavy atom. The van der Waals surface area contributed by atoms with E-state index in [0.717, 1.165) is 42.2 Å². The molecular formula is C13H20BrN3O. The molecule has 1 saturated heterocycles. The number of nitrogens with zero attached hydrogens (tertiary/aromatic N) is 3. The van der Waals surface area contributed by atoms with E-state index in [4.69, 9.17) is 4.74 Å². The van der Waals surface area contributed by atoms with Crippen LogP contribution in [0, 0.1) is 0 Å². The Balaban J connectivity index is 2.21. The quantitative estimate of drug-likeness (QED) is 0.804. The Morgan fingerprint density at radius 1 is 1.44 bits per heavy atom. The summed E-state index contributed by atoms with van der Waals surface area (Å²) < 4.78 is 6.31. The van der Waals surface area contributed by atoms with Crippen LogP contribution in [0.4, 0.5) is 5.82 Å². The van der Waals surface area contributed by atoms with E-state index in [1.807, 2.05) is 6.07 Å². The molecule has 5 heteroatoms. The van der Waals surface area contributed by atoms with E-state index in [1.165, 1.54) is 0 Å². The minimum atomic E-state index is 0.315. The van der Waals surface area contributed by atoms with Gasteiger partial charge in [0.15, 0.2) is 0 Å². The van der Waals surface area contributed by atoms with Gasteiger partial charge in [0.05, 0.1) is 6.10 Å². The Morgan fingerprint density at radius 2 is 2.22 bits per heavy atom. The van der Waals surface area contributed by atoms with Crippen molar-refractivity contribution in [3.8, 4) is 0 Å². The standard InChI is InChI=1S/C13H20BrN3O/c1-9(2)13-15-11(14)7-12(16-13)17-6-4-5-10(8-17)18-3/h7,9-10H,4-6,8H2,1-3H3. The number of piperidine rings is 1. The summed E-state index contributed by atoms with van der Waals surface area (Å²) in [6.07, 6.45) is 2.60. The third-order valence-corrected chi connectivity index (χ3v) is 3.66. The molecule has 4 nitrogen and oxygen atoms in total. The van der Waals surface area contributed by atoms with E-state index in [2.05, 4.69) is 44.6 Å². The van der Waals surface area contributed by atoms with Crippen LogP contribution in [-0.2, 0) is 4.74 Å². The van der Waals surface area contributed by atoms with Gasteiger partial charge in [-0.15, -0.1) is 0 Å². The molecule has 2 rings (SSSR count). The number of ether oxygens (including phenoxy) is 1. The summed E-state index contributed by atoms with van der Waals surface area (Å²) in [6.45, 7) is 6.18. The van der Waals surface area contributed by atoms with E-state index in [9.17, 15) is 0 Å². The molecular weight excluding hydrogens is 294 g/mol. The van der Waals surface area contributed by atoms with E-state index in [1.54, 1.807) is 7.11 Å². The van der Waals surface area contributed by atoms with Crippen molar-refractivity contribution in [2.75, 3.05) is 25.1 Å². The molecule has 0 saturated carbocycles. The number of methoxy groups -OCH3 is 1. The summed E-state index contributed by atoms with van der Waals surface area (Å²) in [5.41, 5.74) is 0. The van der Waals surface area contributed by atoms with E-state index in [-0.39, 0.29) is 0 Å². The number of hydrogen-bond donors (Lipinski definition) is 0. The molecule has 100 valence electrons. The van der Waals surface area contributed by atoms with Gasteiger partial charge in [0.1, 0.15) is 16.2 Å². The van der Waals surface area contributed by atoms with Crippen molar-refractivity contribution in [2.45, 2.75) is 38.7 Å². The second kappa shape index (κ2) is 5.97. The largest absolute Gasteiger partial charge is 0.380 e. The van der Waals surface area contributed by atoms with Gasteiger partial charge in [-0.3, -0.25) is 0 Å². The van der Waals surface area contributed by atoms with Crippen LogP contribution in [0.3, 0.4) is 0 Å². The van der Waals surface area contributed by atoms with Crippen molar-refractivity contribution in [1.82, 2.24) is 9.97 Å². The molecule has 18 heavy (non-hydrogen) atoms. The summed E-state index contributed by atoms with van der Waals surface area (Å²) in [5.74, 6) is 2.23. The van der Waals surface area contributed by atoms with Crippen molar-refractivity contribution in [3.05, 3.63) is 16.5 Å². The normalized spacial score (nSPS) is 20.5. The minimum Gasteiger partial charge on any atom is -0.380 e. The predicted molar refractivity (Wildman–Crippen MR) is 76.1 cm³/mol. The first-order chi connectivity index (χ1) is 8.60. The molecule has 1 aliphatic rings. The minimum absolute atomic E-state index is 0.315. The summed E-state index contributed by atoms with van der Waals surface area (Å²) in [4.78, 5) is 11.4. The molecule has 0 radical (unpaired) electrons. The van der Waals surface area contributed by atoms with Crippen LogP contribution in [0.25, 0.3) is 0 Å². The molecule has 0 N–H and O–H groups in total. The first kappa shape index (κ1) is 13.7. The zero-order valence-electron chi connectivity index (χ0n) is 11.2. The van der Waals surface area contributed by atoms with Crippen molar-refractivity contribution in [3.63, 3.8) is 0 Å². The second-order valence-corrected chi connectivity index (χ2v) is 5.82. The van der Waals surface area contributed by atoms with Gasteiger partial charge in [-0.25, -0.2) is 9.97 Å². The third-order valence-electron chi connectivity index (χ3n) is 3.25. The maximum atomic E-state index is 5.45. The Hall–Kier alpha value is -0.680. The van der Waals surface area contributed by atoms with Crippen molar-refractivity contribution < 1.29 is 4.74 Å². The smallest absolute Gasteiger partial charge is 0.134 e. The van der Waals surface area contributed by atoms with Crippen LogP contribution >= 0.6 is 15.9 Å². The Bertz CT molecular complexity index is 411. The first-order valence-corrected chi connectivity index (χ1v) is 7.21. The van der Waals surface area contributed by atoms with Gasteiger partial charge in [0, 0.05) is 32.2 Å². The van der Waals surface area contributed by atoms with Gasteiger partial charge in [-0.05, 0) is 28.8 Å². The molecule has 0 bridgehead atoms. The fourth-order valence-electron chi connectivity index (χ4n) is 2.18. The lowest BCUT2D eigenvalue weighted by atomic mass is 10.1. The Labute approximate surface area is 117 Å². The fraction of sp³-hybridized carbons (Fsp3) is 0.692. The zero-order valence-corrected chi connectivity index (χ0v) is 12.8. The molecule has 1 atom stereocenters. The topological polar surface area (TPSA) is 38.2 Å². The van der Waals surface area contributed by atoms with Gasteiger partial charge < -0.3 is 9.64 Å². The highest BCUT2D eigenvalue weighted by atomic mass is 79.9. The number of rotatable bonds is 3. The molecule has 2 heterocycles. The average molecular weight is 314 g/mol. The number of aromatic nitrogens is 2. The highest BCUT2D eigenvalue weighted by Crippen LogP contribution is 2.23. The van der Waals surface area contributed by atoms with Crippen molar-refractivity contribution >= 4 is 21.7 Å². The van der Waals surface area contributed by atoms with Gasteiger partial charge >= 0.3 is 0 Å². The van der Waals surface area contributed by atoms with Crippen LogP contribution in [0.15, 0.2) is 10.7 Å². The molecule has 1 fully saturated rings. The van der Waals surface area contributed by atoms with Gasteiger partial charge in [0.25, 0.3) is 0 Å². The van der Waals surface area contributed by atoms with Crippen LogP contribution in [0.1, 0.15) is 38.4 Å². The van der Waals surface area contributed by atoms with Crippen LogP contribution in [-0.4, -0.2) is 36.3 Å². The molecule has 0 spiro atoms. The van der Waals surface area contributed by atoms with E-state index in [0.29, 0.717) is 12.0 Å².